The van der Waals surface area contributed by atoms with Crippen molar-refractivity contribution in [2.75, 3.05) is 18.5 Å². The van der Waals surface area contributed by atoms with E-state index >= 15 is 0 Å². The molecule has 1 atom stereocenters. The molecule has 0 saturated carbocycles. The molecule has 0 bridgehead atoms. The Balaban J connectivity index is 1.63. The number of thiophene rings is 1. The Labute approximate surface area is 223 Å². The lowest BCUT2D eigenvalue weighted by Gasteiger charge is -2.42. The van der Waals surface area contributed by atoms with Gasteiger partial charge in [-0.2, -0.15) is 4.31 Å². The van der Waals surface area contributed by atoms with E-state index in [9.17, 15) is 18.0 Å². The van der Waals surface area contributed by atoms with E-state index in [0.29, 0.717) is 29.1 Å². The molecule has 0 spiro atoms. The number of esters is 1. The number of benzene rings is 1. The molecule has 2 aliphatic heterocycles. The summed E-state index contributed by atoms with van der Waals surface area (Å²) in [5.41, 5.74) is 0.964. The van der Waals surface area contributed by atoms with Crippen LogP contribution in [0.3, 0.4) is 0 Å². The van der Waals surface area contributed by atoms with Gasteiger partial charge in [-0.3, -0.25) is 4.79 Å². The number of hydrogen-bond acceptors (Lipinski definition) is 7. The number of carbonyl (C=O) groups excluding carboxylic acids is 2. The maximum atomic E-state index is 13.2. The Morgan fingerprint density at radius 2 is 1.84 bits per heavy atom. The third-order valence-electron chi connectivity index (χ3n) is 7.02. The van der Waals surface area contributed by atoms with Gasteiger partial charge in [0.2, 0.25) is 10.0 Å². The Kier molecular flexibility index (Phi) is 7.60. The zero-order valence-electron chi connectivity index (χ0n) is 22.4. The van der Waals surface area contributed by atoms with Crippen molar-refractivity contribution in [3.63, 3.8) is 0 Å². The van der Waals surface area contributed by atoms with Crippen molar-refractivity contribution in [1.29, 1.82) is 0 Å². The SMILES string of the molecule is CCOC(=O)c1c(NC(=O)c2ccc(S(=O)(=O)N3CCCC[C@@H]3C)cc2)sc2c1CC(C)(C)NC2(C)C. The fourth-order valence-electron chi connectivity index (χ4n) is 5.55. The highest BCUT2D eigenvalue weighted by molar-refractivity contribution is 7.89. The molecule has 202 valence electrons. The molecule has 37 heavy (non-hydrogen) atoms. The normalized spacial score (nSPS) is 21.2. The third-order valence-corrected chi connectivity index (χ3v) is 10.5. The largest absolute Gasteiger partial charge is 0.462 e. The van der Waals surface area contributed by atoms with Gasteiger partial charge in [-0.1, -0.05) is 6.42 Å². The van der Waals surface area contributed by atoms with Gasteiger partial charge in [0.05, 0.1) is 17.1 Å². The van der Waals surface area contributed by atoms with Crippen LogP contribution < -0.4 is 10.6 Å². The number of fused-ring (bicyclic) bond motifs is 1. The smallest absolute Gasteiger partial charge is 0.341 e. The number of piperidine rings is 1. The highest BCUT2D eigenvalue weighted by Crippen LogP contribution is 2.45. The van der Waals surface area contributed by atoms with Crippen molar-refractivity contribution < 1.29 is 22.7 Å². The molecule has 1 aromatic carbocycles. The quantitative estimate of drug-likeness (QED) is 0.499. The number of nitrogens with zero attached hydrogens (tertiary/aromatic N) is 1. The molecular formula is C27H37N3O5S2. The van der Waals surface area contributed by atoms with E-state index in [2.05, 4.69) is 38.3 Å². The van der Waals surface area contributed by atoms with Crippen molar-refractivity contribution in [3.05, 3.63) is 45.8 Å². The number of carbonyl (C=O) groups is 2. The molecule has 0 aliphatic carbocycles. The Morgan fingerprint density at radius 3 is 2.46 bits per heavy atom. The molecule has 0 radical (unpaired) electrons. The Hall–Kier alpha value is -2.27. The van der Waals surface area contributed by atoms with E-state index < -0.39 is 27.4 Å². The first-order valence-electron chi connectivity index (χ1n) is 12.8. The summed E-state index contributed by atoms with van der Waals surface area (Å²) in [5, 5.41) is 6.97. The fraction of sp³-hybridized carbons (Fsp3) is 0.556. The van der Waals surface area contributed by atoms with Crippen LogP contribution in [-0.2, 0) is 26.7 Å². The zero-order chi connectivity index (χ0) is 27.2. The van der Waals surface area contributed by atoms with E-state index in [0.717, 1.165) is 29.7 Å². The Bertz CT molecular complexity index is 1300. The second kappa shape index (κ2) is 10.1. The first kappa shape index (κ1) is 27.8. The summed E-state index contributed by atoms with van der Waals surface area (Å²) < 4.78 is 33.2. The van der Waals surface area contributed by atoms with Crippen molar-refractivity contribution in [3.8, 4) is 0 Å². The maximum Gasteiger partial charge on any atom is 0.341 e. The number of nitrogens with one attached hydrogen (secondary N) is 2. The first-order chi connectivity index (χ1) is 17.3. The molecule has 1 saturated heterocycles. The highest BCUT2D eigenvalue weighted by atomic mass is 32.2. The zero-order valence-corrected chi connectivity index (χ0v) is 24.1. The van der Waals surface area contributed by atoms with Crippen LogP contribution in [0, 0.1) is 0 Å². The molecule has 2 aromatic rings. The minimum Gasteiger partial charge on any atom is -0.462 e. The molecule has 1 aromatic heterocycles. The number of hydrogen-bond donors (Lipinski definition) is 2. The summed E-state index contributed by atoms with van der Waals surface area (Å²) >= 11 is 1.38. The van der Waals surface area contributed by atoms with Gasteiger partial charge in [-0.15, -0.1) is 11.3 Å². The van der Waals surface area contributed by atoms with Crippen LogP contribution in [0.2, 0.25) is 0 Å². The van der Waals surface area contributed by atoms with Crippen LogP contribution in [0.25, 0.3) is 0 Å². The van der Waals surface area contributed by atoms with E-state index in [-0.39, 0.29) is 23.1 Å². The monoisotopic (exact) mass is 547 g/mol. The topological polar surface area (TPSA) is 105 Å². The van der Waals surface area contributed by atoms with E-state index in [1.807, 2.05) is 6.92 Å². The van der Waals surface area contributed by atoms with Gasteiger partial charge in [0, 0.05) is 34.1 Å². The lowest BCUT2D eigenvalue weighted by molar-refractivity contribution is 0.0525. The van der Waals surface area contributed by atoms with Gasteiger partial charge >= 0.3 is 5.97 Å². The summed E-state index contributed by atoms with van der Waals surface area (Å²) in [4.78, 5) is 27.4. The molecule has 1 amide bonds. The standard InChI is InChI=1S/C27H37N3O5S2/c1-7-35-25(32)21-20-16-26(3,4)29-27(5,6)22(20)36-24(21)28-23(31)18-11-13-19(14-12-18)37(33,34)30-15-9-8-10-17(30)2/h11-14,17,29H,7-10,15-16H2,1-6H3,(H,28,31)/t17-/m0/s1. The van der Waals surface area contributed by atoms with Crippen molar-refractivity contribution in [2.24, 2.45) is 0 Å². The van der Waals surface area contributed by atoms with Gasteiger partial charge in [-0.05, 0) is 90.6 Å². The van der Waals surface area contributed by atoms with Crippen LogP contribution in [0.15, 0.2) is 29.2 Å². The summed E-state index contributed by atoms with van der Waals surface area (Å²) in [5.74, 6) is -0.870. The fourth-order valence-corrected chi connectivity index (χ4v) is 8.51. The van der Waals surface area contributed by atoms with E-state index in [1.165, 1.54) is 35.6 Å². The lowest BCUT2D eigenvalue weighted by atomic mass is 9.81. The van der Waals surface area contributed by atoms with Gasteiger partial charge < -0.3 is 15.4 Å². The molecule has 10 heteroatoms. The molecule has 2 N–H and O–H groups in total. The summed E-state index contributed by atoms with van der Waals surface area (Å²) in [6.07, 6.45) is 3.34. The van der Waals surface area contributed by atoms with E-state index in [4.69, 9.17) is 4.74 Å². The van der Waals surface area contributed by atoms with Crippen molar-refractivity contribution in [2.45, 2.75) is 89.2 Å². The van der Waals surface area contributed by atoms with Crippen LogP contribution in [0.1, 0.15) is 92.0 Å². The number of amides is 1. The predicted octanol–water partition coefficient (Wildman–Crippen LogP) is 4.90. The number of sulfonamides is 1. The number of ether oxygens (including phenoxy) is 1. The molecule has 4 rings (SSSR count). The summed E-state index contributed by atoms with van der Waals surface area (Å²) in [6, 6.07) is 5.95. The van der Waals surface area contributed by atoms with Gasteiger partial charge in [0.15, 0.2) is 0 Å². The predicted molar refractivity (Wildman–Crippen MR) is 146 cm³/mol. The average molecular weight is 548 g/mol. The summed E-state index contributed by atoms with van der Waals surface area (Å²) in [7, 11) is -3.63. The van der Waals surface area contributed by atoms with Crippen LogP contribution in [-0.4, -0.2) is 49.3 Å². The molecule has 1 fully saturated rings. The summed E-state index contributed by atoms with van der Waals surface area (Å²) in [6.45, 7) is 12.7. The van der Waals surface area contributed by atoms with E-state index in [1.54, 1.807) is 11.2 Å². The van der Waals surface area contributed by atoms with Crippen LogP contribution in [0.5, 0.6) is 0 Å². The average Bonchev–Trinajstić information content (AvgIpc) is 3.16. The van der Waals surface area contributed by atoms with Gasteiger partial charge in [0.25, 0.3) is 5.91 Å². The van der Waals surface area contributed by atoms with Crippen molar-refractivity contribution in [1.82, 2.24) is 9.62 Å². The number of anilines is 1. The molecule has 0 unspecified atom stereocenters. The van der Waals surface area contributed by atoms with Crippen LogP contribution >= 0.6 is 11.3 Å². The molecule has 8 nitrogen and oxygen atoms in total. The number of rotatable bonds is 6. The second-order valence-electron chi connectivity index (χ2n) is 11.1. The second-order valence-corrected chi connectivity index (χ2v) is 14.0. The van der Waals surface area contributed by atoms with Crippen molar-refractivity contribution >= 4 is 38.2 Å². The highest BCUT2D eigenvalue weighted by Gasteiger charge is 2.42. The molecule has 2 aliphatic rings. The Morgan fingerprint density at radius 1 is 1.16 bits per heavy atom. The third kappa shape index (κ3) is 5.48. The minimum atomic E-state index is -3.63. The van der Waals surface area contributed by atoms with Gasteiger partial charge in [0.1, 0.15) is 5.00 Å². The first-order valence-corrected chi connectivity index (χ1v) is 15.1. The van der Waals surface area contributed by atoms with Gasteiger partial charge in [-0.25, -0.2) is 13.2 Å². The molecule has 3 heterocycles. The lowest BCUT2D eigenvalue weighted by Crippen LogP contribution is -2.55. The minimum absolute atomic E-state index is 0.0448. The maximum absolute atomic E-state index is 13.2. The van der Waals surface area contributed by atoms with Crippen LogP contribution in [0.4, 0.5) is 5.00 Å². The molecular weight excluding hydrogens is 510 g/mol.